The van der Waals surface area contributed by atoms with Gasteiger partial charge in [-0.3, -0.25) is 9.59 Å². The number of carbonyl (C=O) groups excluding carboxylic acids is 2. The molecule has 1 aromatic heterocycles. The van der Waals surface area contributed by atoms with Crippen LogP contribution in [0.2, 0.25) is 5.02 Å². The van der Waals surface area contributed by atoms with Gasteiger partial charge in [0.1, 0.15) is 17.0 Å². The van der Waals surface area contributed by atoms with E-state index in [4.69, 9.17) is 22.1 Å². The standard InChI is InChI=1S/C14H10ClNO2.C5H10N2O2/c15-11-4-7-13(8-5-11)18-14(17)9-6-12-3-1-2-10-16-12;1-5(2,4(6)9)7-3-8/h1-5,7-8,10,14,17H;3H,1-2H3,(H2,6,9)(H,7,8). The summed E-state index contributed by atoms with van der Waals surface area (Å²) >= 11 is 5.74. The third-order valence-corrected chi connectivity index (χ3v) is 3.34. The third kappa shape index (κ3) is 8.72. The van der Waals surface area contributed by atoms with E-state index in [0.717, 1.165) is 0 Å². The van der Waals surface area contributed by atoms with Crippen LogP contribution in [0.25, 0.3) is 0 Å². The van der Waals surface area contributed by atoms with Gasteiger partial charge in [-0.05, 0) is 62.1 Å². The lowest BCUT2D eigenvalue weighted by atomic mass is 10.1. The van der Waals surface area contributed by atoms with E-state index in [1.54, 1.807) is 42.6 Å². The van der Waals surface area contributed by atoms with E-state index < -0.39 is 17.7 Å². The number of amides is 2. The smallest absolute Gasteiger partial charge is 0.262 e. The number of ether oxygens (including phenoxy) is 1. The molecule has 4 N–H and O–H groups in total. The fraction of sp³-hybridized carbons (Fsp3) is 0.211. The highest BCUT2D eigenvalue weighted by Crippen LogP contribution is 2.16. The number of nitrogens with zero attached hydrogens (tertiary/aromatic N) is 1. The minimum atomic E-state index is -1.20. The maximum absolute atomic E-state index is 10.4. The van der Waals surface area contributed by atoms with Gasteiger partial charge >= 0.3 is 0 Å². The van der Waals surface area contributed by atoms with Crippen LogP contribution in [0.15, 0.2) is 48.7 Å². The molecule has 0 bridgehead atoms. The number of hydrogen-bond donors (Lipinski definition) is 3. The van der Waals surface area contributed by atoms with Crippen molar-refractivity contribution in [3.63, 3.8) is 0 Å². The van der Waals surface area contributed by atoms with Crippen molar-refractivity contribution >= 4 is 23.9 Å². The van der Waals surface area contributed by atoms with Crippen molar-refractivity contribution in [1.82, 2.24) is 10.3 Å². The van der Waals surface area contributed by atoms with Crippen molar-refractivity contribution in [1.29, 1.82) is 0 Å². The van der Waals surface area contributed by atoms with Gasteiger partial charge < -0.3 is 20.9 Å². The molecular formula is C19H20ClN3O4. The van der Waals surface area contributed by atoms with Gasteiger partial charge in [0.15, 0.2) is 0 Å². The minimum absolute atomic E-state index is 0.449. The van der Waals surface area contributed by atoms with Crippen LogP contribution in [0.1, 0.15) is 19.5 Å². The summed E-state index contributed by atoms with van der Waals surface area (Å²) in [6.45, 7) is 3.06. The average Bonchev–Trinajstić information content (AvgIpc) is 2.63. The summed E-state index contributed by atoms with van der Waals surface area (Å²) in [7, 11) is 0. The molecule has 0 spiro atoms. The molecule has 142 valence electrons. The van der Waals surface area contributed by atoms with Gasteiger partial charge in [-0.2, -0.15) is 0 Å². The molecule has 8 heteroatoms. The number of aliphatic hydroxyl groups is 1. The molecule has 0 saturated carbocycles. The average molecular weight is 390 g/mol. The van der Waals surface area contributed by atoms with E-state index in [1.165, 1.54) is 13.8 Å². The molecule has 1 heterocycles. The molecular weight excluding hydrogens is 370 g/mol. The van der Waals surface area contributed by atoms with Crippen LogP contribution >= 0.6 is 11.6 Å². The monoisotopic (exact) mass is 389 g/mol. The molecule has 7 nitrogen and oxygen atoms in total. The van der Waals surface area contributed by atoms with Gasteiger partial charge in [-0.15, -0.1) is 0 Å². The largest absolute Gasteiger partial charge is 0.454 e. The van der Waals surface area contributed by atoms with E-state index in [2.05, 4.69) is 22.1 Å². The van der Waals surface area contributed by atoms with E-state index in [9.17, 15) is 14.7 Å². The number of carbonyl (C=O) groups is 2. The highest BCUT2D eigenvalue weighted by molar-refractivity contribution is 6.30. The Hall–Kier alpha value is -3.08. The number of hydrogen-bond acceptors (Lipinski definition) is 5. The SMILES string of the molecule is CC(C)(NC=O)C(N)=O.OC(C#Cc1ccccn1)Oc1ccc(Cl)cc1. The van der Waals surface area contributed by atoms with Crippen molar-refractivity contribution in [2.24, 2.45) is 5.73 Å². The minimum Gasteiger partial charge on any atom is -0.454 e. The molecule has 27 heavy (non-hydrogen) atoms. The predicted molar refractivity (Wildman–Crippen MR) is 102 cm³/mol. The van der Waals surface area contributed by atoms with E-state index >= 15 is 0 Å². The Balaban J connectivity index is 0.000000345. The molecule has 0 aliphatic heterocycles. The maximum atomic E-state index is 10.4. The maximum Gasteiger partial charge on any atom is 0.262 e. The number of benzene rings is 1. The molecule has 0 radical (unpaired) electrons. The number of nitrogens with two attached hydrogens (primary N) is 1. The number of rotatable bonds is 5. The molecule has 0 fully saturated rings. The highest BCUT2D eigenvalue weighted by atomic mass is 35.5. The normalized spacial score (nSPS) is 11.0. The fourth-order valence-electron chi connectivity index (χ4n) is 1.46. The van der Waals surface area contributed by atoms with Crippen molar-refractivity contribution in [2.75, 3.05) is 0 Å². The number of aliphatic hydroxyl groups excluding tert-OH is 1. The zero-order valence-corrected chi connectivity index (χ0v) is 15.6. The van der Waals surface area contributed by atoms with Crippen molar-refractivity contribution in [3.8, 4) is 17.6 Å². The van der Waals surface area contributed by atoms with Crippen LogP contribution in [0.5, 0.6) is 5.75 Å². The quantitative estimate of drug-likeness (QED) is 0.407. The molecule has 2 rings (SSSR count). The predicted octanol–water partition coefficient (Wildman–Crippen LogP) is 1.48. The van der Waals surface area contributed by atoms with Crippen LogP contribution in [-0.4, -0.2) is 34.2 Å². The Morgan fingerprint density at radius 3 is 2.48 bits per heavy atom. The van der Waals surface area contributed by atoms with Gasteiger partial charge in [-0.1, -0.05) is 17.7 Å². The van der Waals surface area contributed by atoms with Crippen molar-refractivity contribution in [2.45, 2.75) is 25.7 Å². The lowest BCUT2D eigenvalue weighted by Gasteiger charge is -2.18. The molecule has 0 aliphatic rings. The van der Waals surface area contributed by atoms with Gasteiger partial charge in [-0.25, -0.2) is 4.98 Å². The summed E-state index contributed by atoms with van der Waals surface area (Å²) in [5, 5.41) is 12.5. The first kappa shape index (κ1) is 22.0. The lowest BCUT2D eigenvalue weighted by Crippen LogP contribution is -2.49. The summed E-state index contributed by atoms with van der Waals surface area (Å²) < 4.78 is 5.19. The molecule has 2 aromatic rings. The summed E-state index contributed by atoms with van der Waals surface area (Å²) in [6.07, 6.45) is 0.884. The van der Waals surface area contributed by atoms with Crippen LogP contribution in [0, 0.1) is 11.8 Å². The van der Waals surface area contributed by atoms with Gasteiger partial charge in [0.2, 0.25) is 12.3 Å². The number of nitrogens with one attached hydrogen (secondary N) is 1. The second-order valence-electron chi connectivity index (χ2n) is 5.66. The fourth-order valence-corrected chi connectivity index (χ4v) is 1.59. The first-order chi connectivity index (χ1) is 12.7. The van der Waals surface area contributed by atoms with Crippen molar-refractivity contribution in [3.05, 3.63) is 59.4 Å². The number of primary amides is 1. The number of halogens is 1. The second-order valence-corrected chi connectivity index (χ2v) is 6.10. The summed E-state index contributed by atoms with van der Waals surface area (Å²) in [5.41, 5.74) is 4.55. The first-order valence-electron chi connectivity index (χ1n) is 7.78. The summed E-state index contributed by atoms with van der Waals surface area (Å²) in [6, 6.07) is 12.0. The zero-order chi connectivity index (χ0) is 20.3. The van der Waals surface area contributed by atoms with E-state index in [-0.39, 0.29) is 0 Å². The van der Waals surface area contributed by atoms with Crippen LogP contribution in [0.3, 0.4) is 0 Å². The highest BCUT2D eigenvalue weighted by Gasteiger charge is 2.22. The Labute approximate surface area is 162 Å². The number of pyridine rings is 1. The summed E-state index contributed by atoms with van der Waals surface area (Å²) in [4.78, 5) is 24.2. The van der Waals surface area contributed by atoms with Crippen LogP contribution < -0.4 is 15.8 Å². The first-order valence-corrected chi connectivity index (χ1v) is 8.16. The molecule has 0 saturated heterocycles. The van der Waals surface area contributed by atoms with Gasteiger partial charge in [0.05, 0.1) is 0 Å². The second kappa shape index (κ2) is 10.8. The number of aromatic nitrogens is 1. The van der Waals surface area contributed by atoms with Crippen LogP contribution in [0.4, 0.5) is 0 Å². The zero-order valence-electron chi connectivity index (χ0n) is 14.8. The Morgan fingerprint density at radius 2 is 2.00 bits per heavy atom. The molecule has 1 aromatic carbocycles. The van der Waals surface area contributed by atoms with Gasteiger partial charge in [0, 0.05) is 11.2 Å². The molecule has 1 atom stereocenters. The topological polar surface area (TPSA) is 115 Å². The van der Waals surface area contributed by atoms with Crippen LogP contribution in [-0.2, 0) is 9.59 Å². The van der Waals surface area contributed by atoms with Crippen molar-refractivity contribution < 1.29 is 19.4 Å². The lowest BCUT2D eigenvalue weighted by molar-refractivity contribution is -0.126. The van der Waals surface area contributed by atoms with E-state index in [0.29, 0.717) is 22.9 Å². The molecule has 1 unspecified atom stereocenters. The Kier molecular flexibility index (Phi) is 8.79. The summed E-state index contributed by atoms with van der Waals surface area (Å²) in [5.74, 6) is 5.22. The molecule has 0 aliphatic carbocycles. The third-order valence-electron chi connectivity index (χ3n) is 3.09. The Bertz CT molecular complexity index is 799. The van der Waals surface area contributed by atoms with Gasteiger partial charge in [0.25, 0.3) is 6.29 Å². The Morgan fingerprint density at radius 1 is 1.33 bits per heavy atom. The van der Waals surface area contributed by atoms with E-state index in [1.807, 2.05) is 6.07 Å². The molecule has 2 amide bonds.